The minimum absolute atomic E-state index is 0.0545. The van der Waals surface area contributed by atoms with Gasteiger partial charge in [0, 0.05) is 19.4 Å². The van der Waals surface area contributed by atoms with Gasteiger partial charge >= 0.3 is 19.8 Å². The van der Waals surface area contributed by atoms with E-state index in [1.807, 2.05) is 0 Å². The molecule has 58 heavy (non-hydrogen) atoms. The van der Waals surface area contributed by atoms with E-state index in [2.05, 4.69) is 38.2 Å². The van der Waals surface area contributed by atoms with E-state index >= 15 is 0 Å². The molecule has 0 aliphatic carbocycles. The molecule has 0 radical (unpaired) electrons. The summed E-state index contributed by atoms with van der Waals surface area (Å²) in [5.74, 6) is -0.821. The lowest BCUT2D eigenvalue weighted by atomic mass is 10.0. The second kappa shape index (κ2) is 45.0. The zero-order valence-corrected chi connectivity index (χ0v) is 38.7. The molecular weight excluding hydrogens is 750 g/mol. The van der Waals surface area contributed by atoms with Gasteiger partial charge < -0.3 is 20.1 Å². The summed E-state index contributed by atoms with van der Waals surface area (Å²) in [4.78, 5) is 35.0. The summed E-state index contributed by atoms with van der Waals surface area (Å²) in [7, 11) is -4.38. The number of phosphoric acid groups is 1. The maximum absolute atomic E-state index is 12.6. The van der Waals surface area contributed by atoms with Crippen LogP contribution in [0.2, 0.25) is 0 Å². The van der Waals surface area contributed by atoms with Crippen LogP contribution >= 0.6 is 7.82 Å². The minimum Gasteiger partial charge on any atom is -0.462 e. The summed E-state index contributed by atoms with van der Waals surface area (Å²) in [5.41, 5.74) is 5.36. The first-order valence-corrected chi connectivity index (χ1v) is 25.8. The number of hydrogen-bond acceptors (Lipinski definition) is 8. The van der Waals surface area contributed by atoms with Crippen LogP contribution in [0.15, 0.2) is 24.3 Å². The van der Waals surface area contributed by atoms with E-state index in [-0.39, 0.29) is 38.6 Å². The highest BCUT2D eigenvalue weighted by molar-refractivity contribution is 7.47. The molecule has 0 spiro atoms. The number of ether oxygens (including phenoxy) is 2. The topological polar surface area (TPSA) is 134 Å². The molecule has 0 saturated carbocycles. The normalized spacial score (nSPS) is 13.4. The van der Waals surface area contributed by atoms with Crippen molar-refractivity contribution in [2.75, 3.05) is 26.4 Å². The van der Waals surface area contributed by atoms with Gasteiger partial charge in [0.2, 0.25) is 0 Å². The molecular formula is C48H92NO8P. The number of allylic oxidation sites excluding steroid dienone is 4. The second-order valence-corrected chi connectivity index (χ2v) is 17.8. The van der Waals surface area contributed by atoms with Crippen LogP contribution < -0.4 is 5.73 Å². The number of phosphoric ester groups is 1. The number of nitrogens with two attached hydrogens (primary N) is 1. The Bertz CT molecular complexity index is 1010. The molecule has 3 N–H and O–H groups in total. The van der Waals surface area contributed by atoms with Crippen LogP contribution in [0.5, 0.6) is 0 Å². The Labute approximate surface area is 357 Å². The van der Waals surface area contributed by atoms with E-state index in [4.69, 9.17) is 24.3 Å². The molecule has 9 nitrogen and oxygen atoms in total. The van der Waals surface area contributed by atoms with Gasteiger partial charge in [0.15, 0.2) is 6.10 Å². The first kappa shape index (κ1) is 56.5. The van der Waals surface area contributed by atoms with E-state index in [0.717, 1.165) is 51.4 Å². The lowest BCUT2D eigenvalue weighted by Gasteiger charge is -2.19. The Morgan fingerprint density at radius 1 is 0.517 bits per heavy atom. The minimum atomic E-state index is -4.38. The predicted molar refractivity (Wildman–Crippen MR) is 243 cm³/mol. The van der Waals surface area contributed by atoms with Gasteiger partial charge in [-0.3, -0.25) is 18.6 Å². The number of hydrogen-bond donors (Lipinski definition) is 2. The quantitative estimate of drug-likeness (QED) is 0.0266. The monoisotopic (exact) mass is 842 g/mol. The maximum atomic E-state index is 12.6. The zero-order valence-electron chi connectivity index (χ0n) is 37.8. The first-order valence-electron chi connectivity index (χ1n) is 24.3. The van der Waals surface area contributed by atoms with Crippen molar-refractivity contribution in [3.63, 3.8) is 0 Å². The van der Waals surface area contributed by atoms with Gasteiger partial charge in [-0.15, -0.1) is 0 Å². The number of carbonyl (C=O) groups excluding carboxylic acids is 2. The van der Waals surface area contributed by atoms with Crippen LogP contribution in [0.25, 0.3) is 0 Å². The van der Waals surface area contributed by atoms with Gasteiger partial charge in [-0.1, -0.05) is 205 Å². The Morgan fingerprint density at radius 3 is 1.34 bits per heavy atom. The van der Waals surface area contributed by atoms with Crippen molar-refractivity contribution < 1.29 is 37.6 Å². The Morgan fingerprint density at radius 2 is 0.897 bits per heavy atom. The van der Waals surface area contributed by atoms with Crippen molar-refractivity contribution in [1.82, 2.24) is 0 Å². The van der Waals surface area contributed by atoms with Gasteiger partial charge in [-0.2, -0.15) is 0 Å². The molecule has 1 unspecified atom stereocenters. The number of carbonyl (C=O) groups is 2. The molecule has 0 fully saturated rings. The van der Waals surface area contributed by atoms with Crippen molar-refractivity contribution in [2.45, 2.75) is 245 Å². The third-order valence-corrected chi connectivity index (χ3v) is 11.6. The molecule has 0 bridgehead atoms. The molecule has 10 heteroatoms. The van der Waals surface area contributed by atoms with Crippen LogP contribution in [-0.4, -0.2) is 49.3 Å². The highest BCUT2D eigenvalue weighted by Crippen LogP contribution is 2.43. The third kappa shape index (κ3) is 44.1. The van der Waals surface area contributed by atoms with Crippen molar-refractivity contribution >= 4 is 19.8 Å². The van der Waals surface area contributed by atoms with E-state index in [9.17, 15) is 19.0 Å². The Balaban J connectivity index is 4.06. The van der Waals surface area contributed by atoms with Gasteiger partial charge in [-0.25, -0.2) is 4.57 Å². The molecule has 0 aliphatic heterocycles. The molecule has 0 amide bonds. The summed E-state index contributed by atoms with van der Waals surface area (Å²) >= 11 is 0. The van der Waals surface area contributed by atoms with Crippen LogP contribution in [0.4, 0.5) is 0 Å². The predicted octanol–water partition coefficient (Wildman–Crippen LogP) is 14.3. The lowest BCUT2D eigenvalue weighted by molar-refractivity contribution is -0.161. The van der Waals surface area contributed by atoms with Gasteiger partial charge in [0.1, 0.15) is 6.61 Å². The van der Waals surface area contributed by atoms with Crippen molar-refractivity contribution in [1.29, 1.82) is 0 Å². The molecule has 0 heterocycles. The average Bonchev–Trinajstić information content (AvgIpc) is 3.21. The van der Waals surface area contributed by atoms with Gasteiger partial charge in [0.05, 0.1) is 13.2 Å². The largest absolute Gasteiger partial charge is 0.472 e. The second-order valence-electron chi connectivity index (χ2n) is 16.3. The fourth-order valence-corrected chi connectivity index (χ4v) is 7.73. The van der Waals surface area contributed by atoms with E-state index in [0.29, 0.717) is 6.42 Å². The fourth-order valence-electron chi connectivity index (χ4n) is 6.96. The van der Waals surface area contributed by atoms with Gasteiger partial charge in [-0.05, 0) is 44.9 Å². The average molecular weight is 842 g/mol. The van der Waals surface area contributed by atoms with Crippen molar-refractivity contribution in [3.05, 3.63) is 24.3 Å². The third-order valence-electron chi connectivity index (χ3n) is 10.6. The van der Waals surface area contributed by atoms with Crippen molar-refractivity contribution in [3.8, 4) is 0 Å². The molecule has 0 aromatic rings. The van der Waals surface area contributed by atoms with Crippen LogP contribution in [0, 0.1) is 0 Å². The molecule has 0 aromatic heterocycles. The molecule has 0 aliphatic rings. The van der Waals surface area contributed by atoms with E-state index in [1.165, 1.54) is 154 Å². The van der Waals surface area contributed by atoms with Crippen LogP contribution in [0.1, 0.15) is 239 Å². The first-order chi connectivity index (χ1) is 28.3. The summed E-state index contributed by atoms with van der Waals surface area (Å²) < 4.78 is 32.9. The summed E-state index contributed by atoms with van der Waals surface area (Å²) in [5, 5.41) is 0. The van der Waals surface area contributed by atoms with Gasteiger partial charge in [0.25, 0.3) is 0 Å². The van der Waals surface area contributed by atoms with Crippen LogP contribution in [-0.2, 0) is 32.7 Å². The summed E-state index contributed by atoms with van der Waals surface area (Å²) in [6.45, 7) is 3.74. The smallest absolute Gasteiger partial charge is 0.462 e. The Hall–Kier alpha value is -1.51. The fraction of sp³-hybridized carbons (Fsp3) is 0.875. The molecule has 2 atom stereocenters. The summed E-state index contributed by atoms with van der Waals surface area (Å²) in [6.07, 6.45) is 49.2. The standard InChI is InChI=1S/C48H92NO8P/c1-3-5-7-9-11-13-15-17-19-21-23-25-27-29-31-33-35-37-39-41-48(51)57-46(45-56-58(52,53)55-43-42-49)44-54-47(50)40-38-36-34-32-30-28-26-24-22-20-18-16-14-12-10-8-6-4-2/h11,13,17,19,46H,3-10,12,14-16,18,20-45,49H2,1-2H3,(H,52,53)/b13-11+,19-17+/t46-/m1/s1. The molecule has 0 aromatic carbocycles. The highest BCUT2D eigenvalue weighted by Gasteiger charge is 2.26. The lowest BCUT2D eigenvalue weighted by Crippen LogP contribution is -2.29. The highest BCUT2D eigenvalue weighted by atomic mass is 31.2. The zero-order chi connectivity index (χ0) is 42.5. The molecule has 0 saturated heterocycles. The molecule has 0 rings (SSSR count). The van der Waals surface area contributed by atoms with Crippen molar-refractivity contribution in [2.24, 2.45) is 5.73 Å². The number of unbranched alkanes of at least 4 members (excludes halogenated alkanes) is 29. The summed E-state index contributed by atoms with van der Waals surface area (Å²) in [6, 6.07) is 0. The van der Waals surface area contributed by atoms with E-state index < -0.39 is 26.5 Å². The Kier molecular flexibility index (Phi) is 43.9. The van der Waals surface area contributed by atoms with E-state index in [1.54, 1.807) is 0 Å². The number of rotatable bonds is 46. The molecule has 342 valence electrons. The SMILES string of the molecule is CCCCC/C=C/C/C=C/CCCCCCCCCCCC(=O)O[C@H](COC(=O)CCCCCCCCCCCCCCCCCCCC)COP(=O)(O)OCCN. The number of esters is 2. The van der Waals surface area contributed by atoms with Crippen LogP contribution in [0.3, 0.4) is 0 Å². The maximum Gasteiger partial charge on any atom is 0.472 e.